The summed E-state index contributed by atoms with van der Waals surface area (Å²) in [5.74, 6) is 1.33. The normalized spacial score (nSPS) is 10.3. The zero-order chi connectivity index (χ0) is 14.8. The van der Waals surface area contributed by atoms with E-state index < -0.39 is 0 Å². The van der Waals surface area contributed by atoms with Gasteiger partial charge in [0.25, 0.3) is 0 Å². The van der Waals surface area contributed by atoms with Gasteiger partial charge >= 0.3 is 0 Å². The molecule has 0 atom stereocenters. The molecule has 0 bridgehead atoms. The molecule has 1 aromatic carbocycles. The summed E-state index contributed by atoms with van der Waals surface area (Å²) in [6, 6.07) is 5.51. The molecule has 1 rings (SSSR count). The second-order valence-electron chi connectivity index (χ2n) is 3.73. The van der Waals surface area contributed by atoms with Gasteiger partial charge in [0.05, 0.1) is 27.0 Å². The van der Waals surface area contributed by atoms with Crippen LogP contribution in [-0.2, 0) is 4.74 Å². The molecule has 0 amide bonds. The molecule has 0 heterocycles. The molecule has 20 heavy (non-hydrogen) atoms. The van der Waals surface area contributed by atoms with Crippen molar-refractivity contribution in [3.63, 3.8) is 0 Å². The second-order valence-corrected chi connectivity index (χ2v) is 4.14. The van der Waals surface area contributed by atoms with Gasteiger partial charge in [0.2, 0.25) is 0 Å². The highest BCUT2D eigenvalue weighted by Gasteiger charge is 2.02. The molecule has 0 spiro atoms. The monoisotopic (exact) mass is 297 g/mol. The average molecular weight is 297 g/mol. The van der Waals surface area contributed by atoms with Crippen LogP contribution < -0.4 is 20.2 Å². The maximum absolute atomic E-state index is 5.21. The van der Waals surface area contributed by atoms with E-state index >= 15 is 0 Å². The van der Waals surface area contributed by atoms with Crippen LogP contribution in [0, 0.1) is 0 Å². The topological polar surface area (TPSA) is 64.1 Å². The first-order valence-electron chi connectivity index (χ1n) is 5.99. The molecule has 0 saturated heterocycles. The van der Waals surface area contributed by atoms with Gasteiger partial charge in [0.15, 0.2) is 16.6 Å². The van der Waals surface area contributed by atoms with Crippen LogP contribution in [0.15, 0.2) is 23.3 Å². The van der Waals surface area contributed by atoms with Crippen molar-refractivity contribution in [2.24, 2.45) is 5.10 Å². The molecule has 0 aliphatic heterocycles. The first-order valence-corrected chi connectivity index (χ1v) is 6.40. The Balaban J connectivity index is 2.51. The average Bonchev–Trinajstić information content (AvgIpc) is 2.47. The molecule has 0 saturated carbocycles. The van der Waals surface area contributed by atoms with Gasteiger partial charge in [-0.05, 0) is 36.0 Å². The minimum Gasteiger partial charge on any atom is -0.493 e. The summed E-state index contributed by atoms with van der Waals surface area (Å²) in [4.78, 5) is 0. The molecule has 1 aromatic rings. The molecular weight excluding hydrogens is 278 g/mol. The van der Waals surface area contributed by atoms with Crippen LogP contribution in [0.5, 0.6) is 11.5 Å². The van der Waals surface area contributed by atoms with Crippen LogP contribution in [0.3, 0.4) is 0 Å². The Labute approximate surface area is 124 Å². The maximum atomic E-state index is 5.21. The summed E-state index contributed by atoms with van der Waals surface area (Å²) < 4.78 is 15.3. The number of rotatable bonds is 7. The lowest BCUT2D eigenvalue weighted by atomic mass is 10.2. The summed E-state index contributed by atoms with van der Waals surface area (Å²) in [7, 11) is 4.82. The van der Waals surface area contributed by atoms with Gasteiger partial charge in [-0.1, -0.05) is 0 Å². The first kappa shape index (κ1) is 16.2. The van der Waals surface area contributed by atoms with E-state index in [0.717, 1.165) is 5.56 Å². The Morgan fingerprint density at radius 2 is 2.00 bits per heavy atom. The number of hydrogen-bond acceptors (Lipinski definition) is 5. The van der Waals surface area contributed by atoms with Crippen LogP contribution in [-0.4, -0.2) is 45.8 Å². The van der Waals surface area contributed by atoms with Gasteiger partial charge in [-0.25, -0.2) is 0 Å². The molecule has 0 aromatic heterocycles. The van der Waals surface area contributed by atoms with E-state index in [0.29, 0.717) is 29.8 Å². The summed E-state index contributed by atoms with van der Waals surface area (Å²) in [5.41, 5.74) is 3.59. The van der Waals surface area contributed by atoms with Gasteiger partial charge in [0.1, 0.15) is 0 Å². The summed E-state index contributed by atoms with van der Waals surface area (Å²) >= 11 is 5.03. The van der Waals surface area contributed by atoms with E-state index in [1.54, 1.807) is 27.5 Å². The molecule has 0 unspecified atom stereocenters. The highest BCUT2D eigenvalue weighted by molar-refractivity contribution is 7.80. The standard InChI is InChI=1S/C13H19N3O3S/c1-17-7-6-14-13(20)16-15-9-10-4-5-11(18-2)12(8-10)19-3/h4-5,8-9H,6-7H2,1-3H3,(H2,14,16,20). The highest BCUT2D eigenvalue weighted by Crippen LogP contribution is 2.26. The van der Waals surface area contributed by atoms with Crippen LogP contribution in [0.1, 0.15) is 5.56 Å². The van der Waals surface area contributed by atoms with Gasteiger partial charge in [-0.2, -0.15) is 5.10 Å². The van der Waals surface area contributed by atoms with Crippen LogP contribution in [0.2, 0.25) is 0 Å². The molecule has 6 nitrogen and oxygen atoms in total. The Morgan fingerprint density at radius 3 is 2.65 bits per heavy atom. The van der Waals surface area contributed by atoms with Crippen molar-refractivity contribution in [3.8, 4) is 11.5 Å². The predicted molar refractivity (Wildman–Crippen MR) is 82.8 cm³/mol. The fourth-order valence-corrected chi connectivity index (χ4v) is 1.56. The molecule has 7 heteroatoms. The van der Waals surface area contributed by atoms with E-state index in [9.17, 15) is 0 Å². The highest BCUT2D eigenvalue weighted by atomic mass is 32.1. The first-order chi connectivity index (χ1) is 9.71. The third kappa shape index (κ3) is 5.41. The number of nitrogens with zero attached hydrogens (tertiary/aromatic N) is 1. The minimum atomic E-state index is 0.443. The molecule has 0 aliphatic rings. The van der Waals surface area contributed by atoms with E-state index in [-0.39, 0.29) is 0 Å². The number of hydrogen-bond donors (Lipinski definition) is 2. The number of hydrazone groups is 1. The van der Waals surface area contributed by atoms with Crippen molar-refractivity contribution in [2.45, 2.75) is 0 Å². The molecular formula is C13H19N3O3S. The van der Waals surface area contributed by atoms with Gasteiger partial charge in [-0.15, -0.1) is 0 Å². The van der Waals surface area contributed by atoms with E-state index in [1.165, 1.54) is 0 Å². The van der Waals surface area contributed by atoms with Gasteiger partial charge < -0.3 is 19.5 Å². The van der Waals surface area contributed by atoms with Crippen LogP contribution in [0.4, 0.5) is 0 Å². The Morgan fingerprint density at radius 1 is 1.25 bits per heavy atom. The maximum Gasteiger partial charge on any atom is 0.187 e. The number of nitrogens with one attached hydrogen (secondary N) is 2. The van der Waals surface area contributed by atoms with Gasteiger partial charge in [-0.3, -0.25) is 5.43 Å². The van der Waals surface area contributed by atoms with Crippen LogP contribution in [0.25, 0.3) is 0 Å². The summed E-state index contributed by atoms with van der Waals surface area (Å²) in [5, 5.41) is 7.43. The van der Waals surface area contributed by atoms with E-state index in [2.05, 4.69) is 15.8 Å². The van der Waals surface area contributed by atoms with Crippen molar-refractivity contribution >= 4 is 23.5 Å². The third-order valence-corrected chi connectivity index (χ3v) is 2.61. The zero-order valence-corrected chi connectivity index (χ0v) is 12.6. The van der Waals surface area contributed by atoms with Crippen molar-refractivity contribution in [3.05, 3.63) is 23.8 Å². The smallest absolute Gasteiger partial charge is 0.187 e. The lowest BCUT2D eigenvalue weighted by Crippen LogP contribution is -2.34. The molecule has 2 N–H and O–H groups in total. The fourth-order valence-electron chi connectivity index (χ4n) is 1.40. The zero-order valence-electron chi connectivity index (χ0n) is 11.8. The Hall–Kier alpha value is -1.86. The third-order valence-electron chi connectivity index (χ3n) is 2.38. The van der Waals surface area contributed by atoms with Gasteiger partial charge in [0, 0.05) is 13.7 Å². The molecule has 110 valence electrons. The Bertz CT molecular complexity index is 466. The number of methoxy groups -OCH3 is 3. The van der Waals surface area contributed by atoms with Crippen molar-refractivity contribution < 1.29 is 14.2 Å². The number of ether oxygens (including phenoxy) is 3. The van der Waals surface area contributed by atoms with Crippen molar-refractivity contribution in [1.29, 1.82) is 0 Å². The number of thiocarbonyl (C=S) groups is 1. The van der Waals surface area contributed by atoms with E-state index in [1.807, 2.05) is 18.2 Å². The second kappa shape index (κ2) is 9.11. The fraction of sp³-hybridized carbons (Fsp3) is 0.385. The van der Waals surface area contributed by atoms with Crippen molar-refractivity contribution in [2.75, 3.05) is 34.5 Å². The minimum absolute atomic E-state index is 0.443. The predicted octanol–water partition coefficient (Wildman–Crippen LogP) is 1.15. The largest absolute Gasteiger partial charge is 0.493 e. The summed E-state index contributed by atoms with van der Waals surface area (Å²) in [6.07, 6.45) is 1.65. The lowest BCUT2D eigenvalue weighted by molar-refractivity contribution is 0.204. The molecule has 0 radical (unpaired) electrons. The van der Waals surface area contributed by atoms with Crippen LogP contribution >= 0.6 is 12.2 Å². The molecule has 0 fully saturated rings. The SMILES string of the molecule is COCCNC(=S)NN=Cc1ccc(OC)c(OC)c1. The quantitative estimate of drug-likeness (QED) is 0.341. The Kier molecular flexibility index (Phi) is 7.38. The van der Waals surface area contributed by atoms with Crippen molar-refractivity contribution in [1.82, 2.24) is 10.7 Å². The molecule has 0 aliphatic carbocycles. The summed E-state index contributed by atoms with van der Waals surface area (Å²) in [6.45, 7) is 1.22. The van der Waals surface area contributed by atoms with E-state index in [4.69, 9.17) is 26.4 Å². The lowest BCUT2D eigenvalue weighted by Gasteiger charge is -2.08. The number of benzene rings is 1.